The van der Waals surface area contributed by atoms with Crippen LogP contribution in [-0.4, -0.2) is 18.7 Å². The first-order valence-corrected chi connectivity index (χ1v) is 6.22. The minimum Gasteiger partial charge on any atom is -0.425 e. The highest BCUT2D eigenvalue weighted by molar-refractivity contribution is 5.73. The van der Waals surface area contributed by atoms with Gasteiger partial charge in [0.15, 0.2) is 0 Å². The molecule has 0 spiro atoms. The van der Waals surface area contributed by atoms with E-state index in [4.69, 9.17) is 9.47 Å². The van der Waals surface area contributed by atoms with Crippen LogP contribution in [0.1, 0.15) is 32.1 Å². The number of para-hydroxylation sites is 1. The van der Waals surface area contributed by atoms with Crippen LogP contribution in [0.25, 0.3) is 0 Å². The fraction of sp³-hybridized carbons (Fsp3) is 0.500. The lowest BCUT2D eigenvalue weighted by molar-refractivity contribution is -0.142. The van der Waals surface area contributed by atoms with Crippen molar-refractivity contribution in [2.24, 2.45) is 0 Å². The van der Waals surface area contributed by atoms with Gasteiger partial charge in [0, 0.05) is 0 Å². The van der Waals surface area contributed by atoms with Crippen molar-refractivity contribution in [1.82, 2.24) is 0 Å². The monoisotopic (exact) mass is 234 g/mol. The summed E-state index contributed by atoms with van der Waals surface area (Å²) in [5.41, 5.74) is 0. The molecule has 92 valence electrons. The van der Waals surface area contributed by atoms with Crippen LogP contribution in [-0.2, 0) is 9.53 Å². The molecule has 1 aliphatic rings. The van der Waals surface area contributed by atoms with Gasteiger partial charge in [-0.1, -0.05) is 37.5 Å². The van der Waals surface area contributed by atoms with Crippen molar-refractivity contribution in [3.63, 3.8) is 0 Å². The molecule has 0 unspecified atom stereocenters. The standard InChI is InChI=1S/C14H18O3/c15-14(17-13-9-5-2-6-10-13)11-16-12-7-3-1-4-8-12/h2,5-6,9-10,12H,1,3-4,7-8,11H2. The number of rotatable bonds is 4. The Bertz CT molecular complexity index is 342. The van der Waals surface area contributed by atoms with Gasteiger partial charge in [-0.15, -0.1) is 0 Å². The highest BCUT2D eigenvalue weighted by Crippen LogP contribution is 2.20. The summed E-state index contributed by atoms with van der Waals surface area (Å²) in [6, 6.07) is 9.09. The van der Waals surface area contributed by atoms with Gasteiger partial charge < -0.3 is 9.47 Å². The minimum absolute atomic E-state index is 0.0551. The van der Waals surface area contributed by atoms with Crippen LogP contribution in [0.3, 0.4) is 0 Å². The molecule has 1 aromatic carbocycles. The van der Waals surface area contributed by atoms with E-state index in [0.29, 0.717) is 5.75 Å². The van der Waals surface area contributed by atoms with Gasteiger partial charge in [0.25, 0.3) is 0 Å². The number of carbonyl (C=O) groups is 1. The first-order valence-electron chi connectivity index (χ1n) is 6.22. The highest BCUT2D eigenvalue weighted by Gasteiger charge is 2.15. The molecule has 0 atom stereocenters. The Kier molecular flexibility index (Phi) is 4.56. The van der Waals surface area contributed by atoms with E-state index in [-0.39, 0.29) is 18.7 Å². The summed E-state index contributed by atoms with van der Waals surface area (Å²) in [5.74, 6) is 0.256. The summed E-state index contributed by atoms with van der Waals surface area (Å²) in [6.45, 7) is 0.0551. The van der Waals surface area contributed by atoms with Crippen molar-refractivity contribution in [3.8, 4) is 5.75 Å². The molecule has 2 rings (SSSR count). The van der Waals surface area contributed by atoms with Crippen LogP contribution in [0.5, 0.6) is 5.75 Å². The average Bonchev–Trinajstić information content (AvgIpc) is 2.39. The lowest BCUT2D eigenvalue weighted by Crippen LogP contribution is -2.23. The Labute approximate surface area is 102 Å². The zero-order valence-corrected chi connectivity index (χ0v) is 9.93. The van der Waals surface area contributed by atoms with Crippen molar-refractivity contribution >= 4 is 5.97 Å². The predicted octanol–water partition coefficient (Wildman–Crippen LogP) is 2.94. The molecule has 1 aromatic rings. The van der Waals surface area contributed by atoms with Gasteiger partial charge in [-0.2, -0.15) is 0 Å². The second kappa shape index (κ2) is 6.40. The van der Waals surface area contributed by atoms with Gasteiger partial charge in [0.1, 0.15) is 12.4 Å². The zero-order valence-electron chi connectivity index (χ0n) is 9.93. The van der Waals surface area contributed by atoms with E-state index < -0.39 is 0 Å². The fourth-order valence-corrected chi connectivity index (χ4v) is 2.07. The maximum Gasteiger partial charge on any atom is 0.337 e. The molecule has 0 amide bonds. The lowest BCUT2D eigenvalue weighted by atomic mass is 9.98. The predicted molar refractivity (Wildman–Crippen MR) is 64.9 cm³/mol. The molecule has 0 aromatic heterocycles. The van der Waals surface area contributed by atoms with Crippen LogP contribution in [0.15, 0.2) is 30.3 Å². The van der Waals surface area contributed by atoms with Crippen LogP contribution in [0, 0.1) is 0 Å². The van der Waals surface area contributed by atoms with Gasteiger partial charge in [0.05, 0.1) is 6.10 Å². The summed E-state index contributed by atoms with van der Waals surface area (Å²) < 4.78 is 10.7. The van der Waals surface area contributed by atoms with E-state index in [1.54, 1.807) is 12.1 Å². The molecule has 0 heterocycles. The number of hydrogen-bond donors (Lipinski definition) is 0. The van der Waals surface area contributed by atoms with Crippen LogP contribution in [0.4, 0.5) is 0 Å². The number of hydrogen-bond acceptors (Lipinski definition) is 3. The maximum atomic E-state index is 11.5. The third-order valence-electron chi connectivity index (χ3n) is 2.96. The third kappa shape index (κ3) is 4.19. The van der Waals surface area contributed by atoms with Gasteiger partial charge in [-0.05, 0) is 25.0 Å². The third-order valence-corrected chi connectivity index (χ3v) is 2.96. The van der Waals surface area contributed by atoms with Crippen LogP contribution < -0.4 is 4.74 Å². The molecule has 0 N–H and O–H groups in total. The zero-order chi connectivity index (χ0) is 11.9. The molecule has 0 aliphatic heterocycles. The van der Waals surface area contributed by atoms with Crippen molar-refractivity contribution < 1.29 is 14.3 Å². The van der Waals surface area contributed by atoms with E-state index in [1.165, 1.54) is 19.3 Å². The van der Waals surface area contributed by atoms with Crippen molar-refractivity contribution in [3.05, 3.63) is 30.3 Å². The fourth-order valence-electron chi connectivity index (χ4n) is 2.07. The van der Waals surface area contributed by atoms with Crippen molar-refractivity contribution in [1.29, 1.82) is 0 Å². The molecule has 1 fully saturated rings. The first kappa shape index (κ1) is 12.1. The molecular formula is C14H18O3. The molecule has 1 aliphatic carbocycles. The Hall–Kier alpha value is -1.35. The molecule has 0 bridgehead atoms. The van der Waals surface area contributed by atoms with E-state index in [2.05, 4.69) is 0 Å². The van der Waals surface area contributed by atoms with E-state index in [1.807, 2.05) is 18.2 Å². The summed E-state index contributed by atoms with van der Waals surface area (Å²) in [4.78, 5) is 11.5. The smallest absolute Gasteiger partial charge is 0.337 e. The second-order valence-corrected chi connectivity index (χ2v) is 4.36. The van der Waals surface area contributed by atoms with Crippen LogP contribution in [0.2, 0.25) is 0 Å². The SMILES string of the molecule is O=C(COC1CCCCC1)Oc1ccccc1. The van der Waals surface area contributed by atoms with Gasteiger partial charge in [-0.3, -0.25) is 0 Å². The van der Waals surface area contributed by atoms with Crippen molar-refractivity contribution in [2.45, 2.75) is 38.2 Å². The summed E-state index contributed by atoms with van der Waals surface area (Å²) in [5, 5.41) is 0. The molecular weight excluding hydrogens is 216 g/mol. The van der Waals surface area contributed by atoms with Gasteiger partial charge in [0.2, 0.25) is 0 Å². The second-order valence-electron chi connectivity index (χ2n) is 4.36. The Morgan fingerprint density at radius 3 is 2.53 bits per heavy atom. The largest absolute Gasteiger partial charge is 0.425 e. The number of ether oxygens (including phenoxy) is 2. The Balaban J connectivity index is 1.70. The summed E-state index contributed by atoms with van der Waals surface area (Å²) in [7, 11) is 0. The quantitative estimate of drug-likeness (QED) is 0.593. The van der Waals surface area contributed by atoms with Crippen molar-refractivity contribution in [2.75, 3.05) is 6.61 Å². The summed E-state index contributed by atoms with van der Waals surface area (Å²) in [6.07, 6.45) is 6.08. The van der Waals surface area contributed by atoms with Crippen LogP contribution >= 0.6 is 0 Å². The molecule has 3 heteroatoms. The molecule has 17 heavy (non-hydrogen) atoms. The first-order chi connectivity index (χ1) is 8.34. The summed E-state index contributed by atoms with van der Waals surface area (Å²) >= 11 is 0. The Morgan fingerprint density at radius 1 is 1.12 bits per heavy atom. The van der Waals surface area contributed by atoms with E-state index in [9.17, 15) is 4.79 Å². The van der Waals surface area contributed by atoms with E-state index >= 15 is 0 Å². The molecule has 3 nitrogen and oxygen atoms in total. The number of carbonyl (C=O) groups excluding carboxylic acids is 1. The van der Waals surface area contributed by atoms with Gasteiger partial charge in [-0.25, -0.2) is 4.79 Å². The lowest BCUT2D eigenvalue weighted by Gasteiger charge is -2.21. The van der Waals surface area contributed by atoms with Gasteiger partial charge >= 0.3 is 5.97 Å². The van der Waals surface area contributed by atoms with E-state index in [0.717, 1.165) is 12.8 Å². The topological polar surface area (TPSA) is 35.5 Å². The minimum atomic E-state index is -0.318. The average molecular weight is 234 g/mol. The molecule has 0 saturated heterocycles. The number of esters is 1. The number of benzene rings is 1. The maximum absolute atomic E-state index is 11.5. The Morgan fingerprint density at radius 2 is 1.82 bits per heavy atom. The normalized spacial score (nSPS) is 16.7. The molecule has 1 saturated carbocycles. The highest BCUT2D eigenvalue weighted by atomic mass is 16.6. The molecule has 0 radical (unpaired) electrons.